The summed E-state index contributed by atoms with van der Waals surface area (Å²) in [5, 5.41) is 6.22. The molecule has 0 atom stereocenters. The predicted octanol–water partition coefficient (Wildman–Crippen LogP) is 1.95. The lowest BCUT2D eigenvalue weighted by Crippen LogP contribution is -2.30. The first-order valence-corrected chi connectivity index (χ1v) is 8.48. The number of nitrogens with one attached hydrogen (secondary N) is 2. The molecule has 1 aromatic rings. The highest BCUT2D eigenvalue weighted by molar-refractivity contribution is 5.94. The van der Waals surface area contributed by atoms with Crippen molar-refractivity contribution in [2.24, 2.45) is 5.92 Å². The fourth-order valence-electron chi connectivity index (χ4n) is 2.68. The van der Waals surface area contributed by atoms with Gasteiger partial charge in [-0.15, -0.1) is 0 Å². The van der Waals surface area contributed by atoms with E-state index in [9.17, 15) is 9.59 Å². The van der Waals surface area contributed by atoms with Crippen LogP contribution in [0, 0.1) is 5.92 Å². The molecule has 1 aromatic carbocycles. The monoisotopic (exact) mass is 329 g/mol. The van der Waals surface area contributed by atoms with Gasteiger partial charge < -0.3 is 15.5 Å². The van der Waals surface area contributed by atoms with Crippen molar-refractivity contribution in [2.45, 2.75) is 26.8 Å². The van der Waals surface area contributed by atoms with Gasteiger partial charge in [-0.05, 0) is 30.7 Å². The van der Waals surface area contributed by atoms with E-state index in [2.05, 4.69) is 16.7 Å². The molecule has 1 aliphatic heterocycles. The van der Waals surface area contributed by atoms with E-state index in [0.29, 0.717) is 18.7 Å². The van der Waals surface area contributed by atoms with Gasteiger partial charge in [-0.2, -0.15) is 0 Å². The SMILES string of the molecule is CC(C)C(=O)N(C)Cc1ccc(C(=O)NCC2=CCNCC2)cc1. The number of benzene rings is 1. The molecule has 0 spiro atoms. The Labute approximate surface area is 144 Å². The topological polar surface area (TPSA) is 61.4 Å². The number of nitrogens with zero attached hydrogens (tertiary/aromatic N) is 1. The van der Waals surface area contributed by atoms with Gasteiger partial charge in [0.05, 0.1) is 0 Å². The first-order chi connectivity index (χ1) is 11.5. The molecule has 5 heteroatoms. The fourth-order valence-corrected chi connectivity index (χ4v) is 2.68. The lowest BCUT2D eigenvalue weighted by atomic mass is 10.1. The van der Waals surface area contributed by atoms with Gasteiger partial charge in [0.25, 0.3) is 5.91 Å². The normalized spacial score (nSPS) is 14.2. The number of carbonyl (C=O) groups excluding carboxylic acids is 2. The summed E-state index contributed by atoms with van der Waals surface area (Å²) in [6.45, 7) is 6.79. The largest absolute Gasteiger partial charge is 0.348 e. The highest BCUT2D eigenvalue weighted by atomic mass is 16.2. The van der Waals surface area contributed by atoms with Gasteiger partial charge in [0, 0.05) is 38.2 Å². The van der Waals surface area contributed by atoms with E-state index in [1.54, 1.807) is 11.9 Å². The maximum atomic E-state index is 12.2. The molecule has 1 aliphatic rings. The van der Waals surface area contributed by atoms with Crippen LogP contribution in [0.25, 0.3) is 0 Å². The Hall–Kier alpha value is -2.14. The lowest BCUT2D eigenvalue weighted by molar-refractivity contribution is -0.133. The van der Waals surface area contributed by atoms with Gasteiger partial charge in [-0.25, -0.2) is 0 Å². The number of hydrogen-bond acceptors (Lipinski definition) is 3. The smallest absolute Gasteiger partial charge is 0.251 e. The maximum absolute atomic E-state index is 12.2. The van der Waals surface area contributed by atoms with E-state index < -0.39 is 0 Å². The Morgan fingerprint density at radius 3 is 2.54 bits per heavy atom. The molecule has 0 unspecified atom stereocenters. The molecular formula is C19H27N3O2. The van der Waals surface area contributed by atoms with Crippen molar-refractivity contribution in [1.82, 2.24) is 15.5 Å². The third-order valence-corrected chi connectivity index (χ3v) is 4.14. The van der Waals surface area contributed by atoms with Gasteiger partial charge in [0.15, 0.2) is 0 Å². The zero-order chi connectivity index (χ0) is 17.5. The first kappa shape index (κ1) is 18.2. The zero-order valence-electron chi connectivity index (χ0n) is 14.8. The average Bonchev–Trinajstić information content (AvgIpc) is 2.60. The van der Waals surface area contributed by atoms with Crippen LogP contribution in [0.15, 0.2) is 35.9 Å². The van der Waals surface area contributed by atoms with Crippen LogP contribution in [0.1, 0.15) is 36.2 Å². The summed E-state index contributed by atoms with van der Waals surface area (Å²) in [6.07, 6.45) is 3.11. The summed E-state index contributed by atoms with van der Waals surface area (Å²) in [4.78, 5) is 25.8. The van der Waals surface area contributed by atoms with E-state index in [0.717, 1.165) is 25.1 Å². The fraction of sp³-hybridized carbons (Fsp3) is 0.474. The van der Waals surface area contributed by atoms with E-state index in [4.69, 9.17) is 0 Å². The molecule has 1 heterocycles. The van der Waals surface area contributed by atoms with Crippen LogP contribution in [0.3, 0.4) is 0 Å². The molecule has 24 heavy (non-hydrogen) atoms. The van der Waals surface area contributed by atoms with Crippen molar-refractivity contribution in [3.63, 3.8) is 0 Å². The van der Waals surface area contributed by atoms with Crippen LogP contribution in [-0.2, 0) is 11.3 Å². The van der Waals surface area contributed by atoms with E-state index >= 15 is 0 Å². The van der Waals surface area contributed by atoms with Gasteiger partial charge in [0.1, 0.15) is 0 Å². The summed E-state index contributed by atoms with van der Waals surface area (Å²) >= 11 is 0. The van der Waals surface area contributed by atoms with Crippen LogP contribution >= 0.6 is 0 Å². The Kier molecular flexibility index (Phi) is 6.55. The van der Waals surface area contributed by atoms with E-state index in [1.807, 2.05) is 38.1 Å². The minimum Gasteiger partial charge on any atom is -0.348 e. The van der Waals surface area contributed by atoms with Crippen molar-refractivity contribution in [3.05, 3.63) is 47.0 Å². The van der Waals surface area contributed by atoms with Crippen LogP contribution in [0.4, 0.5) is 0 Å². The van der Waals surface area contributed by atoms with Crippen molar-refractivity contribution in [3.8, 4) is 0 Å². The second kappa shape index (κ2) is 8.64. The minimum atomic E-state index is -0.0624. The van der Waals surface area contributed by atoms with Crippen LogP contribution in [-0.4, -0.2) is 43.4 Å². The predicted molar refractivity (Wildman–Crippen MR) is 95.7 cm³/mol. The molecule has 0 fully saturated rings. The Morgan fingerprint density at radius 2 is 1.96 bits per heavy atom. The average molecular weight is 329 g/mol. The Bertz CT molecular complexity index is 606. The summed E-state index contributed by atoms with van der Waals surface area (Å²) in [7, 11) is 1.80. The Balaban J connectivity index is 1.87. The molecule has 0 radical (unpaired) electrons. The molecule has 0 bridgehead atoms. The lowest BCUT2D eigenvalue weighted by Gasteiger charge is -2.19. The van der Waals surface area contributed by atoms with Gasteiger partial charge in [-0.3, -0.25) is 9.59 Å². The van der Waals surface area contributed by atoms with Gasteiger partial charge >= 0.3 is 0 Å². The molecule has 2 N–H and O–H groups in total. The van der Waals surface area contributed by atoms with Crippen LogP contribution in [0.5, 0.6) is 0 Å². The summed E-state index contributed by atoms with van der Waals surface area (Å²) in [6, 6.07) is 7.44. The molecule has 0 saturated carbocycles. The van der Waals surface area contributed by atoms with Gasteiger partial charge in [-0.1, -0.05) is 37.6 Å². The van der Waals surface area contributed by atoms with Crippen molar-refractivity contribution >= 4 is 11.8 Å². The second-order valence-electron chi connectivity index (χ2n) is 6.55. The molecule has 0 aliphatic carbocycles. The number of carbonyl (C=O) groups is 2. The van der Waals surface area contributed by atoms with Crippen molar-refractivity contribution < 1.29 is 9.59 Å². The van der Waals surface area contributed by atoms with Crippen molar-refractivity contribution in [1.29, 1.82) is 0 Å². The number of amides is 2. The molecule has 0 saturated heterocycles. The van der Waals surface area contributed by atoms with Crippen LogP contribution in [0.2, 0.25) is 0 Å². The highest BCUT2D eigenvalue weighted by Gasteiger charge is 2.13. The third-order valence-electron chi connectivity index (χ3n) is 4.14. The molecule has 0 aromatic heterocycles. The molecular weight excluding hydrogens is 302 g/mol. The molecule has 2 rings (SSSR count). The summed E-state index contributed by atoms with van der Waals surface area (Å²) < 4.78 is 0. The highest BCUT2D eigenvalue weighted by Crippen LogP contribution is 2.10. The third kappa shape index (κ3) is 5.20. The number of rotatable bonds is 6. The quantitative estimate of drug-likeness (QED) is 0.784. The van der Waals surface area contributed by atoms with Crippen LogP contribution < -0.4 is 10.6 Å². The maximum Gasteiger partial charge on any atom is 0.251 e. The second-order valence-corrected chi connectivity index (χ2v) is 6.55. The van der Waals surface area contributed by atoms with E-state index in [-0.39, 0.29) is 17.7 Å². The molecule has 2 amide bonds. The molecule has 130 valence electrons. The van der Waals surface area contributed by atoms with Gasteiger partial charge in [0.2, 0.25) is 5.91 Å². The number of hydrogen-bond donors (Lipinski definition) is 2. The first-order valence-electron chi connectivity index (χ1n) is 8.48. The van der Waals surface area contributed by atoms with Crippen molar-refractivity contribution in [2.75, 3.05) is 26.7 Å². The zero-order valence-corrected chi connectivity index (χ0v) is 14.8. The summed E-state index contributed by atoms with van der Waals surface area (Å²) in [5.41, 5.74) is 2.93. The van der Waals surface area contributed by atoms with E-state index in [1.165, 1.54) is 5.57 Å². The molecule has 5 nitrogen and oxygen atoms in total. The Morgan fingerprint density at radius 1 is 1.25 bits per heavy atom. The minimum absolute atomic E-state index is 0.00987. The standard InChI is InChI=1S/C19H27N3O2/c1-14(2)19(24)22(3)13-16-4-6-17(7-5-16)18(23)21-12-15-8-10-20-11-9-15/h4-8,14,20H,9-13H2,1-3H3,(H,21,23). The summed E-state index contributed by atoms with van der Waals surface area (Å²) in [5.74, 6) is 0.0454.